The molecule has 2 rings (SSSR count). The van der Waals surface area contributed by atoms with Crippen LogP contribution >= 0.6 is 0 Å². The van der Waals surface area contributed by atoms with Crippen LogP contribution in [0.3, 0.4) is 0 Å². The van der Waals surface area contributed by atoms with Crippen molar-refractivity contribution in [2.75, 3.05) is 14.2 Å². The van der Waals surface area contributed by atoms with Crippen molar-refractivity contribution in [3.8, 4) is 0 Å². The van der Waals surface area contributed by atoms with Crippen molar-refractivity contribution in [3.05, 3.63) is 29.3 Å². The van der Waals surface area contributed by atoms with Gasteiger partial charge < -0.3 is 9.47 Å². The first-order chi connectivity index (χ1) is 9.81. The summed E-state index contributed by atoms with van der Waals surface area (Å²) in [6, 6.07) is 3.61. The number of nitrogens with one attached hydrogen (secondary N) is 1. The highest BCUT2D eigenvalue weighted by molar-refractivity contribution is 7.90. The first kappa shape index (κ1) is 15.0. The van der Waals surface area contributed by atoms with E-state index >= 15 is 0 Å². The fourth-order valence-electron chi connectivity index (χ4n) is 1.96. The lowest BCUT2D eigenvalue weighted by Crippen LogP contribution is -2.24. The molecule has 0 aliphatic carbocycles. The third-order valence-electron chi connectivity index (χ3n) is 2.97. The summed E-state index contributed by atoms with van der Waals surface area (Å²) in [5.74, 6) is -3.96. The van der Waals surface area contributed by atoms with Crippen molar-refractivity contribution in [2.45, 2.75) is 10.8 Å². The maximum atomic E-state index is 11.8. The second-order valence-electron chi connectivity index (χ2n) is 4.17. The summed E-state index contributed by atoms with van der Waals surface area (Å²) in [5.41, 5.74) is 0.0137. The molecule has 1 aliphatic heterocycles. The zero-order chi connectivity index (χ0) is 15.8. The van der Waals surface area contributed by atoms with Gasteiger partial charge in [0.2, 0.25) is 0 Å². The largest absolute Gasteiger partial charge is 0.468 e. The molecule has 0 aromatic heterocycles. The number of fused-ring (bicyclic) bond motifs is 1. The first-order valence-corrected chi connectivity index (χ1v) is 7.17. The number of rotatable bonds is 3. The van der Waals surface area contributed by atoms with Gasteiger partial charge in [0.25, 0.3) is 15.9 Å². The molecule has 1 aromatic carbocycles. The molecule has 1 aliphatic rings. The molecule has 1 N–H and O–H groups in total. The Bertz CT molecular complexity index is 722. The summed E-state index contributed by atoms with van der Waals surface area (Å²) < 4.78 is 34.3. The van der Waals surface area contributed by atoms with E-state index in [4.69, 9.17) is 0 Å². The van der Waals surface area contributed by atoms with E-state index < -0.39 is 33.8 Å². The maximum Gasteiger partial charge on any atom is 0.324 e. The molecule has 0 saturated heterocycles. The average molecular weight is 313 g/mol. The molecule has 0 unspecified atom stereocenters. The predicted molar refractivity (Wildman–Crippen MR) is 67.9 cm³/mol. The fourth-order valence-corrected chi connectivity index (χ4v) is 3.17. The topological polar surface area (TPSA) is 116 Å². The van der Waals surface area contributed by atoms with Gasteiger partial charge in [-0.15, -0.1) is 0 Å². The third kappa shape index (κ3) is 2.47. The number of methoxy groups -OCH3 is 2. The molecule has 0 fully saturated rings. The van der Waals surface area contributed by atoms with Crippen LogP contribution in [0.15, 0.2) is 23.1 Å². The molecule has 21 heavy (non-hydrogen) atoms. The van der Waals surface area contributed by atoms with Crippen LogP contribution in [-0.4, -0.2) is 40.5 Å². The van der Waals surface area contributed by atoms with E-state index in [1.54, 1.807) is 0 Å². The molecule has 1 amide bonds. The van der Waals surface area contributed by atoms with E-state index in [0.717, 1.165) is 20.3 Å². The number of hydrogen-bond acceptors (Lipinski definition) is 7. The van der Waals surface area contributed by atoms with Crippen molar-refractivity contribution < 1.29 is 32.3 Å². The number of amides is 1. The van der Waals surface area contributed by atoms with Gasteiger partial charge in [-0.1, -0.05) is 6.07 Å². The number of carbonyl (C=O) groups excluding carboxylic acids is 3. The quantitative estimate of drug-likeness (QED) is 0.593. The number of hydrogen-bond donors (Lipinski definition) is 1. The first-order valence-electron chi connectivity index (χ1n) is 5.68. The van der Waals surface area contributed by atoms with E-state index in [1.807, 2.05) is 4.72 Å². The summed E-state index contributed by atoms with van der Waals surface area (Å²) in [7, 11) is -1.80. The number of sulfonamides is 1. The van der Waals surface area contributed by atoms with Crippen LogP contribution in [0.1, 0.15) is 21.8 Å². The fraction of sp³-hybridized carbons (Fsp3) is 0.250. The smallest absolute Gasteiger partial charge is 0.324 e. The minimum Gasteiger partial charge on any atom is -0.468 e. The summed E-state index contributed by atoms with van der Waals surface area (Å²) in [6.07, 6.45) is 0. The molecule has 9 heteroatoms. The van der Waals surface area contributed by atoms with Gasteiger partial charge in [0.15, 0.2) is 5.92 Å². The van der Waals surface area contributed by atoms with E-state index in [0.29, 0.717) is 0 Å². The summed E-state index contributed by atoms with van der Waals surface area (Å²) in [5, 5.41) is 0. The second-order valence-corrected chi connectivity index (χ2v) is 5.82. The monoisotopic (exact) mass is 313 g/mol. The molecule has 0 atom stereocenters. The zero-order valence-electron chi connectivity index (χ0n) is 11.1. The molecule has 8 nitrogen and oxygen atoms in total. The van der Waals surface area contributed by atoms with Gasteiger partial charge in [0.1, 0.15) is 4.90 Å². The average Bonchev–Trinajstić information content (AvgIpc) is 2.68. The van der Waals surface area contributed by atoms with Gasteiger partial charge in [-0.05, 0) is 17.7 Å². The Morgan fingerprint density at radius 1 is 1.14 bits per heavy atom. The lowest BCUT2D eigenvalue weighted by molar-refractivity contribution is -0.154. The van der Waals surface area contributed by atoms with Crippen molar-refractivity contribution in [1.29, 1.82) is 0 Å². The summed E-state index contributed by atoms with van der Waals surface area (Å²) >= 11 is 0. The highest BCUT2D eigenvalue weighted by Crippen LogP contribution is 2.28. The Balaban J connectivity index is 2.58. The Hall–Kier alpha value is -2.42. The molecular formula is C12H11NO7S. The zero-order valence-corrected chi connectivity index (χ0v) is 11.9. The molecule has 0 radical (unpaired) electrons. The summed E-state index contributed by atoms with van der Waals surface area (Å²) in [6.45, 7) is 0. The molecule has 1 aromatic rings. The van der Waals surface area contributed by atoms with Gasteiger partial charge in [-0.3, -0.25) is 14.4 Å². The van der Waals surface area contributed by atoms with E-state index in [2.05, 4.69) is 9.47 Å². The van der Waals surface area contributed by atoms with E-state index in [1.165, 1.54) is 12.1 Å². The van der Waals surface area contributed by atoms with Crippen LogP contribution < -0.4 is 4.72 Å². The van der Waals surface area contributed by atoms with Gasteiger partial charge in [-0.2, -0.15) is 0 Å². The Labute approximate surface area is 120 Å². The normalized spacial score (nSPS) is 15.3. The van der Waals surface area contributed by atoms with Crippen LogP contribution in [0.4, 0.5) is 0 Å². The molecule has 1 heterocycles. The van der Waals surface area contributed by atoms with E-state index in [9.17, 15) is 22.8 Å². The maximum absolute atomic E-state index is 11.8. The van der Waals surface area contributed by atoms with Crippen molar-refractivity contribution in [2.24, 2.45) is 0 Å². The summed E-state index contributed by atoms with van der Waals surface area (Å²) in [4.78, 5) is 34.5. The van der Waals surface area contributed by atoms with Crippen molar-refractivity contribution >= 4 is 27.9 Å². The van der Waals surface area contributed by atoms with Crippen LogP contribution in [0.25, 0.3) is 0 Å². The number of carbonyl (C=O) groups is 3. The minimum absolute atomic E-state index is 0.0489. The molecule has 0 saturated carbocycles. The second kappa shape index (κ2) is 5.17. The van der Waals surface area contributed by atoms with Crippen LogP contribution in [-0.2, 0) is 29.1 Å². The van der Waals surface area contributed by atoms with Gasteiger partial charge in [-0.25, -0.2) is 13.1 Å². The van der Waals surface area contributed by atoms with Crippen LogP contribution in [0.5, 0.6) is 0 Å². The standard InChI is InChI=1S/C12H11NO7S/c1-19-11(15)9(12(16)20-2)6-3-4-7-8(5-6)21(17,18)13-10(7)14/h3-5,9H,1-2H3,(H,13,14). The lowest BCUT2D eigenvalue weighted by Gasteiger charge is -2.13. The van der Waals surface area contributed by atoms with Crippen LogP contribution in [0, 0.1) is 0 Å². The number of benzene rings is 1. The van der Waals surface area contributed by atoms with Gasteiger partial charge in [0, 0.05) is 0 Å². The predicted octanol–water partition coefficient (Wildman–Crippen LogP) is -0.452. The Morgan fingerprint density at radius 3 is 2.24 bits per heavy atom. The molecular weight excluding hydrogens is 302 g/mol. The van der Waals surface area contributed by atoms with Crippen molar-refractivity contribution in [1.82, 2.24) is 4.72 Å². The lowest BCUT2D eigenvalue weighted by atomic mass is 9.98. The highest BCUT2D eigenvalue weighted by atomic mass is 32.2. The molecule has 112 valence electrons. The van der Waals surface area contributed by atoms with E-state index in [-0.39, 0.29) is 16.0 Å². The minimum atomic E-state index is -3.98. The number of esters is 2. The molecule has 0 spiro atoms. The Kier molecular flexibility index (Phi) is 3.69. The Morgan fingerprint density at radius 2 is 1.71 bits per heavy atom. The van der Waals surface area contributed by atoms with Crippen LogP contribution in [0.2, 0.25) is 0 Å². The SMILES string of the molecule is COC(=O)C(C(=O)OC)c1ccc2c(c1)S(=O)(=O)NC2=O. The van der Waals surface area contributed by atoms with Crippen molar-refractivity contribution in [3.63, 3.8) is 0 Å². The third-order valence-corrected chi connectivity index (χ3v) is 4.34. The molecule has 0 bridgehead atoms. The number of ether oxygens (including phenoxy) is 2. The van der Waals surface area contributed by atoms with Gasteiger partial charge in [0.05, 0.1) is 19.8 Å². The highest BCUT2D eigenvalue weighted by Gasteiger charge is 2.36. The van der Waals surface area contributed by atoms with Gasteiger partial charge >= 0.3 is 11.9 Å².